The van der Waals surface area contributed by atoms with Gasteiger partial charge in [0.2, 0.25) is 0 Å². The van der Waals surface area contributed by atoms with Gasteiger partial charge in [0.15, 0.2) is 0 Å². The van der Waals surface area contributed by atoms with E-state index in [1.807, 2.05) is 0 Å². The first kappa shape index (κ1) is 10.9. The molecule has 0 saturated carbocycles. The monoisotopic (exact) mass is 233 g/mol. The van der Waals surface area contributed by atoms with E-state index in [-0.39, 0.29) is 0 Å². The van der Waals surface area contributed by atoms with Crippen molar-refractivity contribution in [1.82, 2.24) is 0 Å². The second-order valence-electron chi connectivity index (χ2n) is 3.51. The van der Waals surface area contributed by atoms with Crippen LogP contribution < -0.4 is 5.73 Å². The zero-order valence-electron chi connectivity index (χ0n) is 8.53. The standard InChI is InChI=1S/C7H8N.2C2H5.Ga/c8-6-7-4-2-1-3-5-7;2*1-2;/h1-6H,8H2;2*1H2,2H3;. The zero-order chi connectivity index (χ0) is 9.68. The van der Waals surface area contributed by atoms with Crippen molar-refractivity contribution in [2.24, 2.45) is 5.73 Å². The molecule has 0 radical (unpaired) electrons. The Labute approximate surface area is 86.4 Å². The summed E-state index contributed by atoms with van der Waals surface area (Å²) in [6.07, 6.45) is 0. The molecule has 0 spiro atoms. The van der Waals surface area contributed by atoms with E-state index in [4.69, 9.17) is 5.73 Å². The van der Waals surface area contributed by atoms with Crippen LogP contribution in [0.4, 0.5) is 0 Å². The Morgan fingerprint density at radius 1 is 1.15 bits per heavy atom. The molecule has 1 aromatic rings. The molecular weight excluding hydrogens is 216 g/mol. The first-order chi connectivity index (χ1) is 6.29. The van der Waals surface area contributed by atoms with Gasteiger partial charge in [0.1, 0.15) is 0 Å². The fourth-order valence-corrected chi connectivity index (χ4v) is 6.69. The summed E-state index contributed by atoms with van der Waals surface area (Å²) in [7, 11) is 0. The van der Waals surface area contributed by atoms with Gasteiger partial charge in [0, 0.05) is 0 Å². The van der Waals surface area contributed by atoms with Crippen LogP contribution in [-0.4, -0.2) is 16.2 Å². The van der Waals surface area contributed by atoms with Crippen molar-refractivity contribution in [1.29, 1.82) is 0 Å². The average Bonchev–Trinajstić information content (AvgIpc) is 2.21. The van der Waals surface area contributed by atoms with Crippen LogP contribution >= 0.6 is 0 Å². The van der Waals surface area contributed by atoms with Crippen LogP contribution in [0.25, 0.3) is 0 Å². The average molecular weight is 234 g/mol. The summed E-state index contributed by atoms with van der Waals surface area (Å²) in [4.78, 5) is 2.69. The predicted octanol–water partition coefficient (Wildman–Crippen LogP) is 2.76. The van der Waals surface area contributed by atoms with Gasteiger partial charge < -0.3 is 0 Å². The van der Waals surface area contributed by atoms with E-state index in [0.29, 0.717) is 4.60 Å². The van der Waals surface area contributed by atoms with Crippen LogP contribution in [0.3, 0.4) is 0 Å². The molecule has 0 fully saturated rings. The molecule has 0 heterocycles. The van der Waals surface area contributed by atoms with Gasteiger partial charge in [-0.05, 0) is 0 Å². The van der Waals surface area contributed by atoms with Crippen LogP contribution in [-0.2, 0) is 0 Å². The molecule has 0 aromatic heterocycles. The Hall–Kier alpha value is -0.184. The van der Waals surface area contributed by atoms with Crippen LogP contribution in [0.1, 0.15) is 24.0 Å². The van der Waals surface area contributed by atoms with Gasteiger partial charge in [-0.2, -0.15) is 0 Å². The van der Waals surface area contributed by atoms with Crippen molar-refractivity contribution in [2.45, 2.75) is 28.4 Å². The number of nitrogens with two attached hydrogens (primary N) is 1. The maximum absolute atomic E-state index is 6.24. The summed E-state index contributed by atoms with van der Waals surface area (Å²) < 4.78 is 0.392. The van der Waals surface area contributed by atoms with Crippen molar-refractivity contribution in [3.8, 4) is 0 Å². The summed E-state index contributed by atoms with van der Waals surface area (Å²) in [6, 6.07) is 10.5. The van der Waals surface area contributed by atoms with Gasteiger partial charge in [-0.15, -0.1) is 0 Å². The van der Waals surface area contributed by atoms with Gasteiger partial charge >= 0.3 is 86.2 Å². The van der Waals surface area contributed by atoms with Crippen LogP contribution in [0, 0.1) is 0 Å². The van der Waals surface area contributed by atoms with Crippen molar-refractivity contribution in [2.75, 3.05) is 0 Å². The van der Waals surface area contributed by atoms with E-state index in [1.54, 1.807) is 0 Å². The van der Waals surface area contributed by atoms with Crippen LogP contribution in [0.2, 0.25) is 9.95 Å². The topological polar surface area (TPSA) is 26.0 Å². The molecule has 1 atom stereocenters. The van der Waals surface area contributed by atoms with Gasteiger partial charge in [0.25, 0.3) is 0 Å². The first-order valence-corrected chi connectivity index (χ1v) is 9.92. The third-order valence-electron chi connectivity index (χ3n) is 2.74. The van der Waals surface area contributed by atoms with Crippen molar-refractivity contribution in [3.63, 3.8) is 0 Å². The minimum absolute atomic E-state index is 0.392. The van der Waals surface area contributed by atoms with Gasteiger partial charge in [-0.1, -0.05) is 0 Å². The van der Waals surface area contributed by atoms with Gasteiger partial charge in [-0.3, -0.25) is 0 Å². The van der Waals surface area contributed by atoms with E-state index in [9.17, 15) is 0 Å². The predicted molar refractivity (Wildman–Crippen MR) is 60.1 cm³/mol. The Morgan fingerprint density at radius 2 is 1.69 bits per heavy atom. The van der Waals surface area contributed by atoms with Crippen LogP contribution in [0.5, 0.6) is 0 Å². The molecule has 0 saturated heterocycles. The van der Waals surface area contributed by atoms with Crippen molar-refractivity contribution >= 4 is 16.2 Å². The van der Waals surface area contributed by atoms with E-state index in [2.05, 4.69) is 44.2 Å². The van der Waals surface area contributed by atoms with E-state index >= 15 is 0 Å². The molecule has 1 nitrogen and oxygen atoms in total. The maximum atomic E-state index is 6.24. The second kappa shape index (κ2) is 5.53. The molecule has 0 aliphatic carbocycles. The molecule has 2 N–H and O–H groups in total. The molecule has 1 aromatic carbocycles. The van der Waals surface area contributed by atoms with Gasteiger partial charge in [0.05, 0.1) is 0 Å². The minimum atomic E-state index is -1.21. The molecule has 1 unspecified atom stereocenters. The SMILES string of the molecule is C[CH2][Ga]([CH2]C)[CH](N)c1ccccc1. The summed E-state index contributed by atoms with van der Waals surface area (Å²) in [5, 5.41) is 0. The molecule has 70 valence electrons. The zero-order valence-corrected chi connectivity index (χ0v) is 11.0. The molecule has 0 aliphatic heterocycles. The Balaban J connectivity index is 2.72. The van der Waals surface area contributed by atoms with E-state index in [1.165, 1.54) is 15.5 Å². The number of hydrogen-bond donors (Lipinski definition) is 1. The summed E-state index contributed by atoms with van der Waals surface area (Å²) in [5.74, 6) is 0. The van der Waals surface area contributed by atoms with E-state index in [0.717, 1.165) is 0 Å². The second-order valence-corrected chi connectivity index (χ2v) is 11.6. The summed E-state index contributed by atoms with van der Waals surface area (Å²) in [6.45, 7) is 4.58. The molecule has 1 rings (SSSR count). The molecule has 0 aliphatic rings. The third kappa shape index (κ3) is 2.90. The number of rotatable bonds is 4. The van der Waals surface area contributed by atoms with Crippen LogP contribution in [0.15, 0.2) is 30.3 Å². The quantitative estimate of drug-likeness (QED) is 0.796. The van der Waals surface area contributed by atoms with Crippen molar-refractivity contribution in [3.05, 3.63) is 35.9 Å². The fraction of sp³-hybridized carbons (Fsp3) is 0.455. The molecule has 0 amide bonds. The number of hydrogen-bond acceptors (Lipinski definition) is 1. The molecule has 2 heteroatoms. The normalized spacial score (nSPS) is 12.5. The summed E-state index contributed by atoms with van der Waals surface area (Å²) >= 11 is -1.21. The number of benzene rings is 1. The molecule has 13 heavy (non-hydrogen) atoms. The van der Waals surface area contributed by atoms with E-state index < -0.39 is 16.2 Å². The molecular formula is C11H18GaN. The van der Waals surface area contributed by atoms with Gasteiger partial charge in [-0.25, -0.2) is 0 Å². The summed E-state index contributed by atoms with van der Waals surface area (Å²) in [5.41, 5.74) is 7.59. The molecule has 0 bridgehead atoms. The van der Waals surface area contributed by atoms with Crippen molar-refractivity contribution < 1.29 is 0 Å². The Morgan fingerprint density at radius 3 is 2.15 bits per heavy atom. The first-order valence-electron chi connectivity index (χ1n) is 5.10. The Bertz CT molecular complexity index is 231. The fourth-order valence-electron chi connectivity index (χ4n) is 1.74. The Kier molecular flexibility index (Phi) is 4.63. The third-order valence-corrected chi connectivity index (χ3v) is 10.1.